The Balaban J connectivity index is 2.30. The molecule has 1 N–H and O–H groups in total. The Bertz CT molecular complexity index is 809. The second-order valence-electron chi connectivity index (χ2n) is 5.08. The Labute approximate surface area is 139 Å². The maximum absolute atomic E-state index is 6.04. The lowest BCUT2D eigenvalue weighted by Gasteiger charge is -2.08. The number of anilines is 1. The predicted molar refractivity (Wildman–Crippen MR) is 96.2 cm³/mol. The van der Waals surface area contributed by atoms with Crippen molar-refractivity contribution in [2.75, 3.05) is 12.4 Å². The van der Waals surface area contributed by atoms with Crippen molar-refractivity contribution in [3.63, 3.8) is 0 Å². The molecule has 0 fully saturated rings. The SMILES string of the molecule is CCc1ccc(-c2c(CC)sc3nc(Cl)nc(NC)c23)cc1. The van der Waals surface area contributed by atoms with E-state index in [-0.39, 0.29) is 5.28 Å². The Morgan fingerprint density at radius 2 is 1.82 bits per heavy atom. The van der Waals surface area contributed by atoms with Crippen molar-refractivity contribution >= 4 is 39.0 Å². The molecule has 0 radical (unpaired) electrons. The molecule has 3 rings (SSSR count). The van der Waals surface area contributed by atoms with Crippen molar-refractivity contribution < 1.29 is 0 Å². The van der Waals surface area contributed by atoms with Crippen LogP contribution in [-0.4, -0.2) is 17.0 Å². The first kappa shape index (κ1) is 15.3. The lowest BCUT2D eigenvalue weighted by atomic mass is 10.00. The molecule has 0 spiro atoms. The number of aromatic nitrogens is 2. The average Bonchev–Trinajstić information content (AvgIpc) is 2.92. The molecule has 0 aliphatic carbocycles. The second kappa shape index (κ2) is 6.23. The fourth-order valence-electron chi connectivity index (χ4n) is 2.66. The summed E-state index contributed by atoms with van der Waals surface area (Å²) < 4.78 is 0. The van der Waals surface area contributed by atoms with Crippen LogP contribution in [0.25, 0.3) is 21.3 Å². The van der Waals surface area contributed by atoms with Crippen LogP contribution >= 0.6 is 22.9 Å². The summed E-state index contributed by atoms with van der Waals surface area (Å²) in [6.07, 6.45) is 2.01. The molecule has 3 aromatic rings. The van der Waals surface area contributed by atoms with Gasteiger partial charge in [-0.05, 0) is 35.6 Å². The number of hydrogen-bond acceptors (Lipinski definition) is 4. The van der Waals surface area contributed by atoms with E-state index in [1.165, 1.54) is 21.6 Å². The van der Waals surface area contributed by atoms with Gasteiger partial charge in [0.05, 0.1) is 5.39 Å². The van der Waals surface area contributed by atoms with Gasteiger partial charge in [0.25, 0.3) is 0 Å². The van der Waals surface area contributed by atoms with Crippen molar-refractivity contribution in [2.45, 2.75) is 26.7 Å². The van der Waals surface area contributed by atoms with Crippen LogP contribution in [0.15, 0.2) is 24.3 Å². The van der Waals surface area contributed by atoms with E-state index < -0.39 is 0 Å². The third-order valence-corrected chi connectivity index (χ3v) is 5.20. The van der Waals surface area contributed by atoms with Crippen molar-refractivity contribution in [1.82, 2.24) is 9.97 Å². The first-order valence-electron chi connectivity index (χ1n) is 7.43. The fourth-order valence-corrected chi connectivity index (χ4v) is 4.01. The number of hydrogen-bond donors (Lipinski definition) is 1. The average molecular weight is 332 g/mol. The van der Waals surface area contributed by atoms with Crippen LogP contribution in [-0.2, 0) is 12.8 Å². The zero-order chi connectivity index (χ0) is 15.7. The zero-order valence-corrected chi connectivity index (χ0v) is 14.5. The van der Waals surface area contributed by atoms with Gasteiger partial charge in [-0.15, -0.1) is 11.3 Å². The van der Waals surface area contributed by atoms with E-state index >= 15 is 0 Å². The summed E-state index contributed by atoms with van der Waals surface area (Å²) in [5, 5.41) is 4.51. The lowest BCUT2D eigenvalue weighted by molar-refractivity contribution is 1.14. The topological polar surface area (TPSA) is 37.8 Å². The van der Waals surface area contributed by atoms with Crippen LogP contribution in [0.1, 0.15) is 24.3 Å². The van der Waals surface area contributed by atoms with E-state index in [9.17, 15) is 0 Å². The van der Waals surface area contributed by atoms with Gasteiger partial charge in [-0.1, -0.05) is 38.1 Å². The van der Waals surface area contributed by atoms with E-state index in [1.54, 1.807) is 11.3 Å². The van der Waals surface area contributed by atoms with Gasteiger partial charge in [0.15, 0.2) is 0 Å². The molecule has 1 aromatic carbocycles. The van der Waals surface area contributed by atoms with Crippen LogP contribution < -0.4 is 5.32 Å². The minimum atomic E-state index is 0.286. The highest BCUT2D eigenvalue weighted by atomic mass is 35.5. The minimum Gasteiger partial charge on any atom is -0.372 e. The van der Waals surface area contributed by atoms with Crippen molar-refractivity contribution in [2.24, 2.45) is 0 Å². The van der Waals surface area contributed by atoms with Crippen LogP contribution in [0.2, 0.25) is 5.28 Å². The van der Waals surface area contributed by atoms with Crippen molar-refractivity contribution in [3.05, 3.63) is 40.0 Å². The molecule has 0 amide bonds. The fraction of sp³-hybridized carbons (Fsp3) is 0.294. The third-order valence-electron chi connectivity index (χ3n) is 3.81. The molecule has 2 heterocycles. The van der Waals surface area contributed by atoms with E-state index in [1.807, 2.05) is 7.05 Å². The van der Waals surface area contributed by atoms with Gasteiger partial charge in [0.2, 0.25) is 5.28 Å². The number of thiophene rings is 1. The van der Waals surface area contributed by atoms with Gasteiger partial charge in [-0.25, -0.2) is 9.97 Å². The zero-order valence-electron chi connectivity index (χ0n) is 12.9. The predicted octanol–water partition coefficient (Wildman–Crippen LogP) is 5.18. The monoisotopic (exact) mass is 331 g/mol. The van der Waals surface area contributed by atoms with Gasteiger partial charge in [0, 0.05) is 17.5 Å². The maximum atomic E-state index is 6.04. The summed E-state index contributed by atoms with van der Waals surface area (Å²) in [5.41, 5.74) is 3.78. The van der Waals surface area contributed by atoms with E-state index in [0.717, 1.165) is 28.9 Å². The second-order valence-corrected chi connectivity index (χ2v) is 6.50. The molecule has 0 unspecified atom stereocenters. The largest absolute Gasteiger partial charge is 0.372 e. The van der Waals surface area contributed by atoms with E-state index in [2.05, 4.69) is 53.4 Å². The van der Waals surface area contributed by atoms with Crippen LogP contribution in [0, 0.1) is 0 Å². The molecule has 0 atom stereocenters. The molecule has 114 valence electrons. The highest BCUT2D eigenvalue weighted by molar-refractivity contribution is 7.19. The highest BCUT2D eigenvalue weighted by Gasteiger charge is 2.18. The maximum Gasteiger partial charge on any atom is 0.225 e. The van der Waals surface area contributed by atoms with Crippen LogP contribution in [0.3, 0.4) is 0 Å². The number of nitrogens with one attached hydrogen (secondary N) is 1. The molecular formula is C17H18ClN3S. The molecule has 0 aliphatic heterocycles. The number of rotatable bonds is 4. The Kier molecular flexibility index (Phi) is 4.32. The standard InChI is InChI=1S/C17H18ClN3S/c1-4-10-6-8-11(9-7-10)13-12(5-2)22-16-14(13)15(19-3)20-17(18)21-16/h6-9H,4-5H2,1-3H3,(H,19,20,21). The Hall–Kier alpha value is -1.65. The summed E-state index contributed by atoms with van der Waals surface area (Å²) in [6, 6.07) is 8.75. The van der Waals surface area contributed by atoms with Gasteiger partial charge in [-0.3, -0.25) is 0 Å². The number of halogens is 1. The van der Waals surface area contributed by atoms with Crippen LogP contribution in [0.4, 0.5) is 5.82 Å². The van der Waals surface area contributed by atoms with Crippen molar-refractivity contribution in [3.8, 4) is 11.1 Å². The summed E-state index contributed by atoms with van der Waals surface area (Å²) in [6.45, 7) is 4.34. The summed E-state index contributed by atoms with van der Waals surface area (Å²) >= 11 is 7.73. The molecule has 0 saturated heterocycles. The molecule has 0 saturated carbocycles. The van der Waals surface area contributed by atoms with Gasteiger partial charge >= 0.3 is 0 Å². The quantitative estimate of drug-likeness (QED) is 0.669. The molecule has 3 nitrogen and oxygen atoms in total. The summed E-state index contributed by atoms with van der Waals surface area (Å²) in [5.74, 6) is 0.792. The highest BCUT2D eigenvalue weighted by Crippen LogP contribution is 2.41. The first-order chi connectivity index (χ1) is 10.7. The van der Waals surface area contributed by atoms with Gasteiger partial charge < -0.3 is 5.32 Å². The summed E-state index contributed by atoms with van der Waals surface area (Å²) in [7, 11) is 1.87. The number of aryl methyl sites for hydroxylation is 2. The Morgan fingerprint density at radius 3 is 2.41 bits per heavy atom. The first-order valence-corrected chi connectivity index (χ1v) is 8.63. The van der Waals surface area contributed by atoms with Crippen molar-refractivity contribution in [1.29, 1.82) is 0 Å². The summed E-state index contributed by atoms with van der Waals surface area (Å²) in [4.78, 5) is 11.0. The number of benzene rings is 1. The normalized spacial score (nSPS) is 11.1. The molecule has 2 aromatic heterocycles. The number of nitrogens with zero attached hydrogens (tertiary/aromatic N) is 2. The molecule has 5 heteroatoms. The molecule has 0 aliphatic rings. The molecule has 0 bridgehead atoms. The minimum absolute atomic E-state index is 0.286. The van der Waals surface area contributed by atoms with Gasteiger partial charge in [-0.2, -0.15) is 0 Å². The Morgan fingerprint density at radius 1 is 1.09 bits per heavy atom. The molecule has 22 heavy (non-hydrogen) atoms. The lowest BCUT2D eigenvalue weighted by Crippen LogP contribution is -1.96. The number of fused-ring (bicyclic) bond motifs is 1. The van der Waals surface area contributed by atoms with Gasteiger partial charge in [0.1, 0.15) is 10.6 Å². The third kappa shape index (κ3) is 2.57. The smallest absolute Gasteiger partial charge is 0.225 e. The van der Waals surface area contributed by atoms with E-state index in [4.69, 9.17) is 11.6 Å². The molecular weight excluding hydrogens is 314 g/mol. The van der Waals surface area contributed by atoms with E-state index in [0.29, 0.717) is 0 Å². The van der Waals surface area contributed by atoms with Crippen LogP contribution in [0.5, 0.6) is 0 Å².